The number of amides is 1. The molecule has 1 saturated carbocycles. The van der Waals surface area contributed by atoms with Crippen LogP contribution in [0.15, 0.2) is 0 Å². The van der Waals surface area contributed by atoms with Gasteiger partial charge in [0.2, 0.25) is 5.91 Å². The van der Waals surface area contributed by atoms with Crippen molar-refractivity contribution >= 4 is 11.9 Å². The van der Waals surface area contributed by atoms with Crippen LogP contribution in [0.1, 0.15) is 32.6 Å². The minimum atomic E-state index is -0.769. The number of nitrogens with two attached hydrogens (primary N) is 1. The summed E-state index contributed by atoms with van der Waals surface area (Å²) in [4.78, 5) is 22.1. The Kier molecular flexibility index (Phi) is 4.08. The van der Waals surface area contributed by atoms with Crippen LogP contribution in [0.25, 0.3) is 0 Å². The quantitative estimate of drug-likeness (QED) is 0.621. The molecule has 1 fully saturated rings. The molecular weight excluding hydrogens is 196 g/mol. The van der Waals surface area contributed by atoms with Crippen LogP contribution in [0, 0.1) is 5.92 Å². The predicted octanol–water partition coefficient (Wildman–Crippen LogP) is 0.0932. The molecule has 0 radical (unpaired) electrons. The van der Waals surface area contributed by atoms with Crippen molar-refractivity contribution in [3.05, 3.63) is 0 Å². The van der Waals surface area contributed by atoms with E-state index >= 15 is 0 Å². The molecule has 4 N–H and O–H groups in total. The summed E-state index contributed by atoms with van der Waals surface area (Å²) in [6.45, 7) is 1.62. The molecule has 1 rings (SSSR count). The highest BCUT2D eigenvalue weighted by molar-refractivity contribution is 5.81. The summed E-state index contributed by atoms with van der Waals surface area (Å²) in [7, 11) is 0. The van der Waals surface area contributed by atoms with Gasteiger partial charge >= 0.3 is 5.97 Å². The molecule has 0 saturated heterocycles. The first-order valence-corrected chi connectivity index (χ1v) is 5.29. The van der Waals surface area contributed by atoms with Crippen LogP contribution < -0.4 is 11.1 Å². The molecule has 1 amide bonds. The van der Waals surface area contributed by atoms with E-state index in [0.29, 0.717) is 12.8 Å². The topological polar surface area (TPSA) is 92.4 Å². The highest BCUT2D eigenvalue weighted by Crippen LogP contribution is 2.24. The SMILES string of the molecule is CC(N)C(=O)NC1CCCC(C(=O)O)C1. The monoisotopic (exact) mass is 214 g/mol. The summed E-state index contributed by atoms with van der Waals surface area (Å²) >= 11 is 0. The Morgan fingerprint density at radius 3 is 2.67 bits per heavy atom. The van der Waals surface area contributed by atoms with Gasteiger partial charge < -0.3 is 16.2 Å². The molecule has 1 aliphatic carbocycles. The van der Waals surface area contributed by atoms with E-state index in [-0.39, 0.29) is 17.9 Å². The molecule has 0 aromatic carbocycles. The molecule has 1 aliphatic rings. The molecular formula is C10H18N2O3. The van der Waals surface area contributed by atoms with Crippen molar-refractivity contribution in [2.24, 2.45) is 11.7 Å². The third kappa shape index (κ3) is 3.51. The van der Waals surface area contributed by atoms with Crippen molar-refractivity contribution in [1.29, 1.82) is 0 Å². The largest absolute Gasteiger partial charge is 0.481 e. The van der Waals surface area contributed by atoms with Crippen LogP contribution in [0.3, 0.4) is 0 Å². The van der Waals surface area contributed by atoms with E-state index in [4.69, 9.17) is 10.8 Å². The number of aliphatic carboxylic acids is 1. The molecule has 0 heterocycles. The fourth-order valence-corrected chi connectivity index (χ4v) is 1.88. The summed E-state index contributed by atoms with van der Waals surface area (Å²) in [5.74, 6) is -1.29. The van der Waals surface area contributed by atoms with Crippen molar-refractivity contribution in [3.63, 3.8) is 0 Å². The van der Waals surface area contributed by atoms with E-state index in [9.17, 15) is 9.59 Å². The number of hydrogen-bond acceptors (Lipinski definition) is 3. The van der Waals surface area contributed by atoms with Crippen molar-refractivity contribution in [2.45, 2.75) is 44.7 Å². The molecule has 0 bridgehead atoms. The van der Waals surface area contributed by atoms with Gasteiger partial charge in [0.1, 0.15) is 0 Å². The Hall–Kier alpha value is -1.10. The fourth-order valence-electron chi connectivity index (χ4n) is 1.88. The average molecular weight is 214 g/mol. The lowest BCUT2D eigenvalue weighted by atomic mass is 9.85. The highest BCUT2D eigenvalue weighted by atomic mass is 16.4. The maximum Gasteiger partial charge on any atom is 0.306 e. The summed E-state index contributed by atoms with van der Waals surface area (Å²) in [5.41, 5.74) is 5.42. The van der Waals surface area contributed by atoms with Crippen LogP contribution in [-0.2, 0) is 9.59 Å². The van der Waals surface area contributed by atoms with Gasteiger partial charge in [0.05, 0.1) is 12.0 Å². The Balaban J connectivity index is 2.43. The molecule has 5 heteroatoms. The second-order valence-electron chi connectivity index (χ2n) is 4.20. The van der Waals surface area contributed by atoms with Crippen LogP contribution in [0.2, 0.25) is 0 Å². The Morgan fingerprint density at radius 1 is 1.47 bits per heavy atom. The zero-order valence-electron chi connectivity index (χ0n) is 8.90. The van der Waals surface area contributed by atoms with Crippen LogP contribution in [-0.4, -0.2) is 29.1 Å². The van der Waals surface area contributed by atoms with Gasteiger partial charge in [-0.05, 0) is 26.2 Å². The van der Waals surface area contributed by atoms with Gasteiger partial charge in [-0.15, -0.1) is 0 Å². The molecule has 0 spiro atoms. The van der Waals surface area contributed by atoms with E-state index < -0.39 is 12.0 Å². The standard InChI is InChI=1S/C10H18N2O3/c1-6(11)9(13)12-8-4-2-3-7(5-8)10(14)15/h6-8H,2-5,11H2,1H3,(H,12,13)(H,14,15). The number of carbonyl (C=O) groups excluding carboxylic acids is 1. The van der Waals surface area contributed by atoms with Crippen molar-refractivity contribution in [2.75, 3.05) is 0 Å². The van der Waals surface area contributed by atoms with Crippen molar-refractivity contribution in [1.82, 2.24) is 5.32 Å². The second-order valence-corrected chi connectivity index (χ2v) is 4.20. The number of carboxylic acids is 1. The van der Waals surface area contributed by atoms with Gasteiger partial charge in [0.15, 0.2) is 0 Å². The van der Waals surface area contributed by atoms with Gasteiger partial charge in [-0.3, -0.25) is 9.59 Å². The Labute approximate surface area is 89.0 Å². The molecule has 0 aromatic heterocycles. The molecule has 86 valence electrons. The first kappa shape index (κ1) is 12.0. The number of nitrogens with one attached hydrogen (secondary N) is 1. The molecule has 0 aromatic rings. The maximum atomic E-state index is 11.3. The molecule has 3 atom stereocenters. The van der Waals surface area contributed by atoms with Crippen molar-refractivity contribution < 1.29 is 14.7 Å². The normalized spacial score (nSPS) is 28.1. The minimum Gasteiger partial charge on any atom is -0.481 e. The lowest BCUT2D eigenvalue weighted by Crippen LogP contribution is -2.46. The third-order valence-corrected chi connectivity index (χ3v) is 2.78. The molecule has 15 heavy (non-hydrogen) atoms. The first-order chi connectivity index (χ1) is 7.00. The maximum absolute atomic E-state index is 11.3. The average Bonchev–Trinajstić information content (AvgIpc) is 2.18. The smallest absolute Gasteiger partial charge is 0.306 e. The Bertz CT molecular complexity index is 253. The summed E-state index contributed by atoms with van der Waals surface area (Å²) in [6.07, 6.45) is 2.93. The van der Waals surface area contributed by atoms with E-state index in [1.807, 2.05) is 0 Å². The fraction of sp³-hybridized carbons (Fsp3) is 0.800. The van der Waals surface area contributed by atoms with Gasteiger partial charge in [-0.25, -0.2) is 0 Å². The first-order valence-electron chi connectivity index (χ1n) is 5.29. The lowest BCUT2D eigenvalue weighted by Gasteiger charge is -2.27. The summed E-state index contributed by atoms with van der Waals surface area (Å²) < 4.78 is 0. The zero-order valence-corrected chi connectivity index (χ0v) is 8.90. The summed E-state index contributed by atoms with van der Waals surface area (Å²) in [5, 5.41) is 11.6. The third-order valence-electron chi connectivity index (χ3n) is 2.78. The lowest BCUT2D eigenvalue weighted by molar-refractivity contribution is -0.143. The Morgan fingerprint density at radius 2 is 2.13 bits per heavy atom. The van der Waals surface area contributed by atoms with E-state index in [0.717, 1.165) is 12.8 Å². The highest BCUT2D eigenvalue weighted by Gasteiger charge is 2.28. The zero-order chi connectivity index (χ0) is 11.4. The number of hydrogen-bond donors (Lipinski definition) is 3. The second kappa shape index (κ2) is 5.11. The predicted molar refractivity (Wildman–Crippen MR) is 55.2 cm³/mol. The van der Waals surface area contributed by atoms with Gasteiger partial charge in [0, 0.05) is 6.04 Å². The molecule has 3 unspecified atom stereocenters. The number of carbonyl (C=O) groups is 2. The van der Waals surface area contributed by atoms with Crippen LogP contribution in [0.4, 0.5) is 0 Å². The number of carboxylic acid groups (broad SMARTS) is 1. The van der Waals surface area contributed by atoms with E-state index in [1.54, 1.807) is 6.92 Å². The van der Waals surface area contributed by atoms with Crippen LogP contribution >= 0.6 is 0 Å². The number of rotatable bonds is 3. The van der Waals surface area contributed by atoms with Crippen molar-refractivity contribution in [3.8, 4) is 0 Å². The van der Waals surface area contributed by atoms with Gasteiger partial charge in [0.25, 0.3) is 0 Å². The van der Waals surface area contributed by atoms with Crippen LogP contribution in [0.5, 0.6) is 0 Å². The molecule has 5 nitrogen and oxygen atoms in total. The molecule has 0 aliphatic heterocycles. The van der Waals surface area contributed by atoms with Gasteiger partial charge in [-0.2, -0.15) is 0 Å². The van der Waals surface area contributed by atoms with E-state index in [1.165, 1.54) is 0 Å². The van der Waals surface area contributed by atoms with E-state index in [2.05, 4.69) is 5.32 Å². The summed E-state index contributed by atoms with van der Waals surface area (Å²) in [6, 6.07) is -0.562. The van der Waals surface area contributed by atoms with Gasteiger partial charge in [-0.1, -0.05) is 6.42 Å². The minimum absolute atomic E-state index is 0.0293.